The molecule has 0 bridgehead atoms. The summed E-state index contributed by atoms with van der Waals surface area (Å²) in [5.41, 5.74) is 1.72. The molecule has 0 fully saturated rings. The lowest BCUT2D eigenvalue weighted by Gasteiger charge is -2.01. The van der Waals surface area contributed by atoms with Crippen molar-refractivity contribution in [1.29, 1.82) is 0 Å². The van der Waals surface area contributed by atoms with E-state index in [2.05, 4.69) is 5.10 Å². The first kappa shape index (κ1) is 11.5. The van der Waals surface area contributed by atoms with E-state index < -0.39 is 4.92 Å². The Labute approximate surface area is 97.9 Å². The van der Waals surface area contributed by atoms with Gasteiger partial charge in [-0.25, -0.2) is 0 Å². The van der Waals surface area contributed by atoms with E-state index >= 15 is 0 Å². The molecule has 0 N–H and O–H groups in total. The number of rotatable bonds is 4. The Hall–Kier alpha value is -1.95. The minimum absolute atomic E-state index is 0.0797. The number of non-ortho nitro benzene ring substituents is 1. The van der Waals surface area contributed by atoms with Gasteiger partial charge in [0.2, 0.25) is 0 Å². The molecule has 1 heterocycles. The smallest absolute Gasteiger partial charge is 0.271 e. The molecule has 6 heteroatoms. The van der Waals surface area contributed by atoms with Gasteiger partial charge in [0.05, 0.1) is 29.3 Å². The van der Waals surface area contributed by atoms with Crippen molar-refractivity contribution in [3.05, 3.63) is 34.0 Å². The lowest BCUT2D eigenvalue weighted by atomic mass is 10.2. The molecule has 17 heavy (non-hydrogen) atoms. The Morgan fingerprint density at radius 2 is 2.29 bits per heavy atom. The van der Waals surface area contributed by atoms with Gasteiger partial charge in [0.15, 0.2) is 0 Å². The maximum Gasteiger partial charge on any atom is 0.271 e. The van der Waals surface area contributed by atoms with Crippen molar-refractivity contribution >= 4 is 16.6 Å². The average molecular weight is 235 g/mol. The predicted octanol–water partition coefficient (Wildman–Crippen LogP) is 1.90. The standard InChI is InChI=1S/C11H13N3O3/c1-8-10-4-3-9(14(15)16)7-11(10)13(12-8)5-6-17-2/h3-4,7H,5-6H2,1-2H3. The highest BCUT2D eigenvalue weighted by Gasteiger charge is 2.12. The molecular weight excluding hydrogens is 222 g/mol. The highest BCUT2D eigenvalue weighted by molar-refractivity contribution is 5.83. The average Bonchev–Trinajstić information content (AvgIpc) is 2.63. The number of aryl methyl sites for hydroxylation is 1. The van der Waals surface area contributed by atoms with Crippen LogP contribution in [-0.4, -0.2) is 28.4 Å². The molecular formula is C11H13N3O3. The number of ether oxygens (including phenoxy) is 1. The summed E-state index contributed by atoms with van der Waals surface area (Å²) in [5, 5.41) is 16.0. The van der Waals surface area contributed by atoms with Gasteiger partial charge in [0.1, 0.15) is 0 Å². The molecule has 0 atom stereocenters. The van der Waals surface area contributed by atoms with Crippen molar-refractivity contribution in [3.8, 4) is 0 Å². The summed E-state index contributed by atoms with van der Waals surface area (Å²) in [4.78, 5) is 10.3. The van der Waals surface area contributed by atoms with Crippen LogP contribution in [0, 0.1) is 17.0 Å². The molecule has 2 aromatic rings. The van der Waals surface area contributed by atoms with Gasteiger partial charge in [-0.3, -0.25) is 14.8 Å². The Morgan fingerprint density at radius 3 is 2.94 bits per heavy atom. The van der Waals surface area contributed by atoms with Crippen molar-refractivity contribution in [2.45, 2.75) is 13.5 Å². The molecule has 0 spiro atoms. The van der Waals surface area contributed by atoms with Crippen LogP contribution in [0.2, 0.25) is 0 Å². The van der Waals surface area contributed by atoms with Crippen LogP contribution in [0.4, 0.5) is 5.69 Å². The van der Waals surface area contributed by atoms with Crippen molar-refractivity contribution in [2.24, 2.45) is 0 Å². The molecule has 0 amide bonds. The molecule has 0 aliphatic carbocycles. The summed E-state index contributed by atoms with van der Waals surface area (Å²) >= 11 is 0. The summed E-state index contributed by atoms with van der Waals surface area (Å²) in [6.45, 7) is 3.00. The third-order valence-electron chi connectivity index (χ3n) is 2.64. The Morgan fingerprint density at radius 1 is 1.53 bits per heavy atom. The zero-order valence-corrected chi connectivity index (χ0v) is 9.71. The van der Waals surface area contributed by atoms with Crippen LogP contribution in [0.3, 0.4) is 0 Å². The molecule has 1 aromatic heterocycles. The fourth-order valence-electron chi connectivity index (χ4n) is 1.79. The quantitative estimate of drug-likeness (QED) is 0.599. The van der Waals surface area contributed by atoms with Crippen molar-refractivity contribution in [3.63, 3.8) is 0 Å². The first-order valence-corrected chi connectivity index (χ1v) is 5.24. The van der Waals surface area contributed by atoms with Crippen molar-refractivity contribution < 1.29 is 9.66 Å². The summed E-state index contributed by atoms with van der Waals surface area (Å²) in [6, 6.07) is 4.78. The summed E-state index contributed by atoms with van der Waals surface area (Å²) in [6.07, 6.45) is 0. The summed E-state index contributed by atoms with van der Waals surface area (Å²) < 4.78 is 6.72. The lowest BCUT2D eigenvalue weighted by Crippen LogP contribution is -2.05. The van der Waals surface area contributed by atoms with Crippen molar-refractivity contribution in [2.75, 3.05) is 13.7 Å². The van der Waals surface area contributed by atoms with Crippen molar-refractivity contribution in [1.82, 2.24) is 9.78 Å². The summed E-state index contributed by atoms with van der Waals surface area (Å²) in [7, 11) is 1.61. The minimum atomic E-state index is -0.400. The fraction of sp³-hybridized carbons (Fsp3) is 0.364. The van der Waals surface area contributed by atoms with E-state index in [0.717, 1.165) is 16.6 Å². The largest absolute Gasteiger partial charge is 0.383 e. The number of methoxy groups -OCH3 is 1. The maximum atomic E-state index is 10.7. The van der Waals surface area contributed by atoms with Gasteiger partial charge in [0, 0.05) is 24.6 Å². The van der Waals surface area contributed by atoms with Crippen LogP contribution >= 0.6 is 0 Å². The SMILES string of the molecule is COCCn1nc(C)c2ccc([N+](=O)[O-])cc21. The molecule has 0 aliphatic rings. The molecule has 0 saturated carbocycles. The number of nitro groups is 1. The molecule has 0 saturated heterocycles. The molecule has 0 unspecified atom stereocenters. The molecule has 90 valence electrons. The highest BCUT2D eigenvalue weighted by Crippen LogP contribution is 2.23. The second-order valence-corrected chi connectivity index (χ2v) is 3.76. The maximum absolute atomic E-state index is 10.7. The predicted molar refractivity (Wildman–Crippen MR) is 63.0 cm³/mol. The lowest BCUT2D eigenvalue weighted by molar-refractivity contribution is -0.384. The number of nitro benzene ring substituents is 1. The fourth-order valence-corrected chi connectivity index (χ4v) is 1.79. The van der Waals surface area contributed by atoms with E-state index in [9.17, 15) is 10.1 Å². The molecule has 0 radical (unpaired) electrons. The third-order valence-corrected chi connectivity index (χ3v) is 2.64. The first-order chi connectivity index (χ1) is 8.13. The second-order valence-electron chi connectivity index (χ2n) is 3.76. The molecule has 0 aliphatic heterocycles. The second kappa shape index (κ2) is 4.50. The van der Waals surface area contributed by atoms with Crippen LogP contribution in [0.5, 0.6) is 0 Å². The van der Waals surface area contributed by atoms with Crippen LogP contribution in [0.1, 0.15) is 5.69 Å². The normalized spacial score (nSPS) is 10.9. The van der Waals surface area contributed by atoms with E-state index in [4.69, 9.17) is 4.74 Å². The van der Waals surface area contributed by atoms with Crippen LogP contribution in [0.15, 0.2) is 18.2 Å². The van der Waals surface area contributed by atoms with Gasteiger partial charge in [-0.15, -0.1) is 0 Å². The molecule has 1 aromatic carbocycles. The van der Waals surface area contributed by atoms with Crippen LogP contribution in [0.25, 0.3) is 10.9 Å². The Balaban J connectivity index is 2.52. The van der Waals surface area contributed by atoms with Crippen LogP contribution in [-0.2, 0) is 11.3 Å². The highest BCUT2D eigenvalue weighted by atomic mass is 16.6. The van der Waals surface area contributed by atoms with Gasteiger partial charge in [0.25, 0.3) is 5.69 Å². The number of aromatic nitrogens is 2. The number of benzene rings is 1. The van der Waals surface area contributed by atoms with Gasteiger partial charge in [-0.05, 0) is 13.0 Å². The molecule has 2 rings (SSSR count). The number of fused-ring (bicyclic) bond motifs is 1. The number of hydrogen-bond acceptors (Lipinski definition) is 4. The summed E-state index contributed by atoms with van der Waals surface area (Å²) in [5.74, 6) is 0. The zero-order chi connectivity index (χ0) is 12.4. The zero-order valence-electron chi connectivity index (χ0n) is 9.71. The van der Waals surface area contributed by atoms with Gasteiger partial charge in [-0.2, -0.15) is 5.10 Å². The number of nitrogens with zero attached hydrogens (tertiary/aromatic N) is 3. The van der Waals surface area contributed by atoms with Gasteiger partial charge in [-0.1, -0.05) is 0 Å². The minimum Gasteiger partial charge on any atom is -0.383 e. The third kappa shape index (κ3) is 2.12. The Bertz CT molecular complexity index is 562. The van der Waals surface area contributed by atoms with E-state index in [1.807, 2.05) is 6.92 Å². The monoisotopic (exact) mass is 235 g/mol. The van der Waals surface area contributed by atoms with Crippen LogP contribution < -0.4 is 0 Å². The van der Waals surface area contributed by atoms with Gasteiger partial charge < -0.3 is 4.74 Å². The first-order valence-electron chi connectivity index (χ1n) is 5.24. The topological polar surface area (TPSA) is 70.2 Å². The van der Waals surface area contributed by atoms with E-state index in [1.165, 1.54) is 6.07 Å². The number of hydrogen-bond donors (Lipinski definition) is 0. The molecule has 6 nitrogen and oxygen atoms in total. The van der Waals surface area contributed by atoms with E-state index in [0.29, 0.717) is 13.2 Å². The van der Waals surface area contributed by atoms with E-state index in [1.54, 1.807) is 23.9 Å². The van der Waals surface area contributed by atoms with Gasteiger partial charge >= 0.3 is 0 Å². The Kier molecular flexibility index (Phi) is 3.06. The van der Waals surface area contributed by atoms with E-state index in [-0.39, 0.29) is 5.69 Å².